The predicted octanol–water partition coefficient (Wildman–Crippen LogP) is 0.969. The lowest BCUT2D eigenvalue weighted by atomic mass is 10.1. The van der Waals surface area contributed by atoms with Gasteiger partial charge in [0.2, 0.25) is 5.91 Å². The Morgan fingerprint density at radius 2 is 2.11 bits per heavy atom. The normalized spacial score (nSPS) is 18.2. The number of halogens is 1. The van der Waals surface area contributed by atoms with Gasteiger partial charge in [-0.1, -0.05) is 24.3 Å². The molecule has 1 aromatic rings. The van der Waals surface area contributed by atoms with Crippen molar-refractivity contribution in [2.75, 3.05) is 6.54 Å². The third-order valence-electron chi connectivity index (χ3n) is 3.12. The van der Waals surface area contributed by atoms with Crippen molar-refractivity contribution in [1.29, 1.82) is 0 Å². The molecule has 3 N–H and O–H groups in total. The van der Waals surface area contributed by atoms with Crippen LogP contribution < -0.4 is 10.6 Å². The zero-order valence-electron chi connectivity index (χ0n) is 10.2. The van der Waals surface area contributed by atoms with Crippen LogP contribution in [0.1, 0.15) is 24.0 Å². The fraction of sp³-hybridized carbons (Fsp3) is 0.462. The summed E-state index contributed by atoms with van der Waals surface area (Å²) >= 11 is 0. The van der Waals surface area contributed by atoms with Crippen LogP contribution in [-0.4, -0.2) is 23.6 Å². The lowest BCUT2D eigenvalue weighted by molar-refractivity contribution is -0.122. The van der Waals surface area contributed by atoms with Crippen molar-refractivity contribution in [2.45, 2.75) is 32.0 Å². The molecule has 1 fully saturated rings. The van der Waals surface area contributed by atoms with Crippen LogP contribution in [0.4, 0.5) is 0 Å². The average molecular weight is 271 g/mol. The van der Waals surface area contributed by atoms with Crippen molar-refractivity contribution in [2.24, 2.45) is 0 Å². The molecule has 0 saturated carbocycles. The summed E-state index contributed by atoms with van der Waals surface area (Å²) in [5, 5.41) is 15.2. The summed E-state index contributed by atoms with van der Waals surface area (Å²) in [6.45, 7) is 1.41. The number of carbonyl (C=O) groups is 1. The maximum absolute atomic E-state index is 11.8. The van der Waals surface area contributed by atoms with Crippen LogP contribution in [0.5, 0.6) is 0 Å². The van der Waals surface area contributed by atoms with Gasteiger partial charge in [0.05, 0.1) is 12.6 Å². The second kappa shape index (κ2) is 7.36. The SMILES string of the molecule is Cl.O=C(NCc1ccccc1CO)C1CCCN1. The molecule has 1 aliphatic heterocycles. The molecule has 1 unspecified atom stereocenters. The number of rotatable bonds is 4. The first-order valence-electron chi connectivity index (χ1n) is 6.00. The van der Waals surface area contributed by atoms with E-state index in [0.717, 1.165) is 30.5 Å². The van der Waals surface area contributed by atoms with Crippen LogP contribution in [0.25, 0.3) is 0 Å². The van der Waals surface area contributed by atoms with Crippen LogP contribution in [0.15, 0.2) is 24.3 Å². The number of carbonyl (C=O) groups excluding carboxylic acids is 1. The molecule has 5 heteroatoms. The highest BCUT2D eigenvalue weighted by Gasteiger charge is 2.21. The van der Waals surface area contributed by atoms with Crippen LogP contribution in [-0.2, 0) is 17.9 Å². The molecule has 4 nitrogen and oxygen atoms in total. The number of aliphatic hydroxyl groups is 1. The summed E-state index contributed by atoms with van der Waals surface area (Å²) in [4.78, 5) is 11.8. The predicted molar refractivity (Wildman–Crippen MR) is 72.5 cm³/mol. The van der Waals surface area contributed by atoms with E-state index in [9.17, 15) is 9.90 Å². The summed E-state index contributed by atoms with van der Waals surface area (Å²) in [5.74, 6) is 0.0512. The molecule has 2 rings (SSSR count). The number of nitrogens with one attached hydrogen (secondary N) is 2. The fourth-order valence-corrected chi connectivity index (χ4v) is 2.10. The average Bonchev–Trinajstić information content (AvgIpc) is 2.90. The molecule has 1 aromatic carbocycles. The van der Waals surface area contributed by atoms with Gasteiger partial charge in [0.15, 0.2) is 0 Å². The van der Waals surface area contributed by atoms with Gasteiger partial charge in [0, 0.05) is 6.54 Å². The largest absolute Gasteiger partial charge is 0.392 e. The number of benzene rings is 1. The van der Waals surface area contributed by atoms with Gasteiger partial charge in [-0.25, -0.2) is 0 Å². The van der Waals surface area contributed by atoms with Crippen LogP contribution in [0.3, 0.4) is 0 Å². The van der Waals surface area contributed by atoms with Crippen LogP contribution in [0, 0.1) is 0 Å². The van der Waals surface area contributed by atoms with Crippen molar-refractivity contribution < 1.29 is 9.90 Å². The van der Waals surface area contributed by atoms with Crippen molar-refractivity contribution in [3.8, 4) is 0 Å². The van der Waals surface area contributed by atoms with Crippen LogP contribution >= 0.6 is 12.4 Å². The second-order valence-corrected chi connectivity index (χ2v) is 4.29. The van der Waals surface area contributed by atoms with Crippen molar-refractivity contribution in [3.63, 3.8) is 0 Å². The highest BCUT2D eigenvalue weighted by atomic mass is 35.5. The molecule has 1 saturated heterocycles. The molecule has 1 aliphatic rings. The maximum Gasteiger partial charge on any atom is 0.237 e. The Kier molecular flexibility index (Phi) is 6.12. The Hall–Kier alpha value is -1.10. The van der Waals surface area contributed by atoms with E-state index in [-0.39, 0.29) is 31.0 Å². The molecule has 1 heterocycles. The zero-order chi connectivity index (χ0) is 12.1. The zero-order valence-corrected chi connectivity index (χ0v) is 11.0. The molecule has 1 amide bonds. The standard InChI is InChI=1S/C13H18N2O2.ClH/c16-9-11-5-2-1-4-10(11)8-15-13(17)12-6-3-7-14-12;/h1-2,4-5,12,14,16H,3,6-9H2,(H,15,17);1H. The first-order chi connectivity index (χ1) is 8.31. The van der Waals surface area contributed by atoms with Gasteiger partial charge in [-0.2, -0.15) is 0 Å². The number of amides is 1. The lowest BCUT2D eigenvalue weighted by Crippen LogP contribution is -2.40. The van der Waals surface area contributed by atoms with E-state index < -0.39 is 0 Å². The molecular formula is C13H19ClN2O2. The van der Waals surface area contributed by atoms with Gasteiger partial charge in [0.25, 0.3) is 0 Å². The summed E-state index contributed by atoms with van der Waals surface area (Å²) in [7, 11) is 0. The topological polar surface area (TPSA) is 61.4 Å². The van der Waals surface area contributed by atoms with E-state index in [2.05, 4.69) is 10.6 Å². The van der Waals surface area contributed by atoms with E-state index in [0.29, 0.717) is 6.54 Å². The minimum absolute atomic E-state index is 0. The number of hydrogen-bond donors (Lipinski definition) is 3. The van der Waals surface area contributed by atoms with E-state index in [1.54, 1.807) is 0 Å². The Balaban J connectivity index is 0.00000162. The Morgan fingerprint density at radius 3 is 2.72 bits per heavy atom. The highest BCUT2D eigenvalue weighted by molar-refractivity contribution is 5.85. The van der Waals surface area contributed by atoms with Gasteiger partial charge in [-0.15, -0.1) is 12.4 Å². The number of aliphatic hydroxyl groups excluding tert-OH is 1. The summed E-state index contributed by atoms with van der Waals surface area (Å²) < 4.78 is 0. The first-order valence-corrected chi connectivity index (χ1v) is 6.00. The van der Waals surface area contributed by atoms with E-state index in [4.69, 9.17) is 0 Å². The first kappa shape index (κ1) is 15.0. The lowest BCUT2D eigenvalue weighted by Gasteiger charge is -2.12. The molecular weight excluding hydrogens is 252 g/mol. The molecule has 0 aromatic heterocycles. The third kappa shape index (κ3) is 3.70. The van der Waals surface area contributed by atoms with Gasteiger partial charge >= 0.3 is 0 Å². The Bertz CT molecular complexity index is 392. The Morgan fingerprint density at radius 1 is 1.39 bits per heavy atom. The van der Waals surface area contributed by atoms with Crippen LogP contribution in [0.2, 0.25) is 0 Å². The van der Waals surface area contributed by atoms with Crippen molar-refractivity contribution in [1.82, 2.24) is 10.6 Å². The quantitative estimate of drug-likeness (QED) is 0.764. The minimum Gasteiger partial charge on any atom is -0.392 e. The highest BCUT2D eigenvalue weighted by Crippen LogP contribution is 2.09. The summed E-state index contributed by atoms with van der Waals surface area (Å²) in [6.07, 6.45) is 1.97. The van der Waals surface area contributed by atoms with Crippen molar-refractivity contribution >= 4 is 18.3 Å². The molecule has 18 heavy (non-hydrogen) atoms. The van der Waals surface area contributed by atoms with E-state index >= 15 is 0 Å². The summed E-state index contributed by atoms with van der Waals surface area (Å²) in [5.41, 5.74) is 1.84. The molecule has 0 bridgehead atoms. The molecule has 100 valence electrons. The molecule has 0 spiro atoms. The van der Waals surface area contributed by atoms with Crippen molar-refractivity contribution in [3.05, 3.63) is 35.4 Å². The van der Waals surface area contributed by atoms with E-state index in [1.165, 1.54) is 0 Å². The Labute approximate surface area is 113 Å². The monoisotopic (exact) mass is 270 g/mol. The molecule has 1 atom stereocenters. The fourth-order valence-electron chi connectivity index (χ4n) is 2.10. The summed E-state index contributed by atoms with van der Waals surface area (Å²) in [6, 6.07) is 7.55. The maximum atomic E-state index is 11.8. The molecule has 0 aliphatic carbocycles. The minimum atomic E-state index is -0.0451. The molecule has 0 radical (unpaired) electrons. The second-order valence-electron chi connectivity index (χ2n) is 4.29. The third-order valence-corrected chi connectivity index (χ3v) is 3.12. The van der Waals surface area contributed by atoms with Gasteiger partial charge in [-0.3, -0.25) is 4.79 Å². The van der Waals surface area contributed by atoms with E-state index in [1.807, 2.05) is 24.3 Å². The van der Waals surface area contributed by atoms with Gasteiger partial charge < -0.3 is 15.7 Å². The van der Waals surface area contributed by atoms with Gasteiger partial charge in [-0.05, 0) is 30.5 Å². The smallest absolute Gasteiger partial charge is 0.237 e. The number of hydrogen-bond acceptors (Lipinski definition) is 3. The van der Waals surface area contributed by atoms with Gasteiger partial charge in [0.1, 0.15) is 0 Å².